The van der Waals surface area contributed by atoms with E-state index in [9.17, 15) is 9.59 Å². The van der Waals surface area contributed by atoms with Gasteiger partial charge in [0, 0.05) is 12.0 Å². The number of ketones is 1. The minimum absolute atomic E-state index is 0.192. The molecular weight excluding hydrogens is 294 g/mol. The zero-order valence-corrected chi connectivity index (χ0v) is 13.2. The summed E-state index contributed by atoms with van der Waals surface area (Å²) in [6.07, 6.45) is 1.08. The molecule has 5 heteroatoms. The van der Waals surface area contributed by atoms with Crippen molar-refractivity contribution in [3.8, 4) is 0 Å². The lowest BCUT2D eigenvalue weighted by molar-refractivity contribution is -0.140. The van der Waals surface area contributed by atoms with E-state index in [1.165, 1.54) is 14.2 Å². The molecule has 0 amide bonds. The van der Waals surface area contributed by atoms with E-state index >= 15 is 0 Å². The van der Waals surface area contributed by atoms with Crippen LogP contribution in [-0.4, -0.2) is 31.7 Å². The third-order valence-corrected chi connectivity index (χ3v) is 3.50. The van der Waals surface area contributed by atoms with Gasteiger partial charge < -0.3 is 9.57 Å². The van der Waals surface area contributed by atoms with Crippen LogP contribution in [0.1, 0.15) is 29.6 Å². The first kappa shape index (κ1) is 16.7. The fraction of sp³-hybridized carbons (Fsp3) is 0.278. The van der Waals surface area contributed by atoms with Crippen molar-refractivity contribution < 1.29 is 19.2 Å². The van der Waals surface area contributed by atoms with Crippen molar-refractivity contribution in [3.63, 3.8) is 0 Å². The molecule has 0 spiro atoms. The highest BCUT2D eigenvalue weighted by molar-refractivity contribution is 6.46. The number of Topliss-reactive ketones (excluding diaryl/α,β-unsaturated/α-hetero) is 1. The Morgan fingerprint density at radius 1 is 1.00 bits per heavy atom. The van der Waals surface area contributed by atoms with Crippen LogP contribution < -0.4 is 0 Å². The molecule has 0 aromatic heterocycles. The van der Waals surface area contributed by atoms with Gasteiger partial charge in [-0.15, -0.1) is 0 Å². The molecular formula is C18H19NO4. The van der Waals surface area contributed by atoms with E-state index in [2.05, 4.69) is 9.89 Å². The van der Waals surface area contributed by atoms with Crippen molar-refractivity contribution in [2.45, 2.75) is 19.3 Å². The second-order valence-electron chi connectivity index (χ2n) is 5.04. The number of nitrogens with zero attached hydrogens (tertiary/aromatic N) is 1. The topological polar surface area (TPSA) is 65.0 Å². The first-order valence-corrected chi connectivity index (χ1v) is 7.36. The van der Waals surface area contributed by atoms with Crippen LogP contribution in [0.2, 0.25) is 0 Å². The Morgan fingerprint density at radius 2 is 1.74 bits per heavy atom. The number of methoxy groups -OCH3 is 1. The van der Waals surface area contributed by atoms with Crippen molar-refractivity contribution in [2.24, 2.45) is 5.16 Å². The molecule has 0 atom stereocenters. The Hall–Kier alpha value is -2.69. The number of rotatable bonds is 7. The molecule has 0 saturated carbocycles. The van der Waals surface area contributed by atoms with Gasteiger partial charge in [0.2, 0.25) is 5.78 Å². The summed E-state index contributed by atoms with van der Waals surface area (Å²) in [6, 6.07) is 13.3. The number of ether oxygens (including phenoxy) is 1. The summed E-state index contributed by atoms with van der Waals surface area (Å²) in [7, 11) is 2.74. The number of carbonyl (C=O) groups is 2. The molecule has 2 aromatic rings. The van der Waals surface area contributed by atoms with Gasteiger partial charge >= 0.3 is 5.97 Å². The molecule has 0 saturated heterocycles. The maximum Gasteiger partial charge on any atom is 0.305 e. The molecule has 2 aromatic carbocycles. The van der Waals surface area contributed by atoms with Crippen molar-refractivity contribution in [1.82, 2.24) is 0 Å². The highest BCUT2D eigenvalue weighted by Crippen LogP contribution is 2.17. The molecule has 0 aliphatic carbocycles. The highest BCUT2D eigenvalue weighted by Gasteiger charge is 2.16. The first-order chi connectivity index (χ1) is 11.2. The van der Waals surface area contributed by atoms with Gasteiger partial charge in [-0.05, 0) is 29.7 Å². The number of hydrogen-bond acceptors (Lipinski definition) is 5. The van der Waals surface area contributed by atoms with Crippen LogP contribution in [0.4, 0.5) is 0 Å². The van der Waals surface area contributed by atoms with Crippen LogP contribution in [0.5, 0.6) is 0 Å². The third-order valence-electron chi connectivity index (χ3n) is 3.50. The van der Waals surface area contributed by atoms with E-state index in [1.54, 1.807) is 6.07 Å². The average Bonchev–Trinajstić information content (AvgIpc) is 2.59. The SMILES string of the molecule is CON=C(CCCC(=O)OC)C(=O)c1ccc2ccccc2c1. The monoisotopic (exact) mass is 313 g/mol. The molecule has 0 aliphatic rings. The van der Waals surface area contributed by atoms with Crippen molar-refractivity contribution in [2.75, 3.05) is 14.2 Å². The Balaban J connectivity index is 2.15. The van der Waals surface area contributed by atoms with Gasteiger partial charge in [-0.1, -0.05) is 41.6 Å². The van der Waals surface area contributed by atoms with Gasteiger partial charge in [-0.2, -0.15) is 0 Å². The first-order valence-electron chi connectivity index (χ1n) is 7.36. The smallest absolute Gasteiger partial charge is 0.305 e. The summed E-state index contributed by atoms with van der Waals surface area (Å²) in [6.45, 7) is 0. The second kappa shape index (κ2) is 8.08. The lowest BCUT2D eigenvalue weighted by atomic mass is 9.99. The van der Waals surface area contributed by atoms with Gasteiger partial charge in [0.05, 0.1) is 7.11 Å². The van der Waals surface area contributed by atoms with E-state index < -0.39 is 0 Å². The van der Waals surface area contributed by atoms with E-state index in [0.717, 1.165) is 10.8 Å². The molecule has 0 N–H and O–H groups in total. The average molecular weight is 313 g/mol. The number of fused-ring (bicyclic) bond motifs is 1. The Morgan fingerprint density at radius 3 is 2.43 bits per heavy atom. The van der Waals surface area contributed by atoms with Crippen LogP contribution in [0, 0.1) is 0 Å². The molecule has 0 aliphatic heterocycles. The lowest BCUT2D eigenvalue weighted by Crippen LogP contribution is -2.15. The maximum atomic E-state index is 12.6. The second-order valence-corrected chi connectivity index (χ2v) is 5.04. The number of esters is 1. The minimum atomic E-state index is -0.306. The number of oxime groups is 1. The predicted octanol–water partition coefficient (Wildman–Crippen LogP) is 3.37. The van der Waals surface area contributed by atoms with Crippen LogP contribution >= 0.6 is 0 Å². The fourth-order valence-corrected chi connectivity index (χ4v) is 2.31. The molecule has 23 heavy (non-hydrogen) atoms. The molecule has 0 radical (unpaired) electrons. The van der Waals surface area contributed by atoms with Crippen molar-refractivity contribution >= 4 is 28.2 Å². The predicted molar refractivity (Wildman–Crippen MR) is 88.6 cm³/mol. The Labute approximate surface area is 134 Å². The van der Waals surface area contributed by atoms with Crippen LogP contribution in [-0.2, 0) is 14.4 Å². The highest BCUT2D eigenvalue weighted by atomic mass is 16.6. The van der Waals surface area contributed by atoms with Crippen LogP contribution in [0.3, 0.4) is 0 Å². The van der Waals surface area contributed by atoms with Gasteiger partial charge in [0.1, 0.15) is 12.8 Å². The molecule has 0 unspecified atom stereocenters. The summed E-state index contributed by atoms with van der Waals surface area (Å²) in [4.78, 5) is 28.5. The summed E-state index contributed by atoms with van der Waals surface area (Å²) < 4.78 is 4.59. The summed E-state index contributed by atoms with van der Waals surface area (Å²) >= 11 is 0. The molecule has 0 heterocycles. The largest absolute Gasteiger partial charge is 0.469 e. The molecule has 0 bridgehead atoms. The quantitative estimate of drug-likeness (QED) is 0.340. The zero-order valence-electron chi connectivity index (χ0n) is 13.2. The van der Waals surface area contributed by atoms with Crippen LogP contribution in [0.25, 0.3) is 10.8 Å². The number of benzene rings is 2. The number of carbonyl (C=O) groups excluding carboxylic acids is 2. The molecule has 120 valence electrons. The van der Waals surface area contributed by atoms with Gasteiger partial charge in [0.25, 0.3) is 0 Å². The standard InChI is InChI=1S/C18H19NO4/c1-22-17(20)9-5-8-16(19-23-2)18(21)15-11-10-13-6-3-4-7-14(13)12-15/h3-4,6-7,10-12H,5,8-9H2,1-2H3. The summed E-state index contributed by atoms with van der Waals surface area (Å²) in [5, 5.41) is 5.88. The Kier molecular flexibility index (Phi) is 5.86. The number of hydrogen-bond donors (Lipinski definition) is 0. The van der Waals surface area contributed by atoms with Crippen molar-refractivity contribution in [3.05, 3.63) is 48.0 Å². The normalized spacial score (nSPS) is 11.3. The van der Waals surface area contributed by atoms with Crippen molar-refractivity contribution in [1.29, 1.82) is 0 Å². The zero-order chi connectivity index (χ0) is 16.7. The molecule has 5 nitrogen and oxygen atoms in total. The molecule has 2 rings (SSSR count). The Bertz CT molecular complexity index is 737. The summed E-state index contributed by atoms with van der Waals surface area (Å²) in [5.74, 6) is -0.498. The summed E-state index contributed by atoms with van der Waals surface area (Å²) in [5.41, 5.74) is 0.851. The van der Waals surface area contributed by atoms with E-state index in [0.29, 0.717) is 24.1 Å². The van der Waals surface area contributed by atoms with E-state index in [-0.39, 0.29) is 18.2 Å². The van der Waals surface area contributed by atoms with Gasteiger partial charge in [-0.25, -0.2) is 0 Å². The third kappa shape index (κ3) is 4.39. The minimum Gasteiger partial charge on any atom is -0.469 e. The van der Waals surface area contributed by atoms with Crippen LogP contribution in [0.15, 0.2) is 47.6 Å². The van der Waals surface area contributed by atoms with E-state index in [4.69, 9.17) is 4.84 Å². The maximum absolute atomic E-state index is 12.6. The lowest BCUT2D eigenvalue weighted by Gasteiger charge is -2.06. The molecule has 0 fully saturated rings. The van der Waals surface area contributed by atoms with Gasteiger partial charge in [-0.3, -0.25) is 9.59 Å². The fourth-order valence-electron chi connectivity index (χ4n) is 2.31. The van der Waals surface area contributed by atoms with E-state index in [1.807, 2.05) is 36.4 Å². The van der Waals surface area contributed by atoms with Gasteiger partial charge in [0.15, 0.2) is 0 Å².